The fourth-order valence-corrected chi connectivity index (χ4v) is 4.79. The van der Waals surface area contributed by atoms with E-state index in [4.69, 9.17) is 11.6 Å². The lowest BCUT2D eigenvalue weighted by molar-refractivity contribution is 0.0595. The molecule has 9 heteroatoms. The molecule has 5 nitrogen and oxygen atoms in total. The number of aromatic nitrogens is 2. The molecule has 4 rings (SSSR count). The lowest BCUT2D eigenvalue weighted by atomic mass is 9.93. The molecule has 0 N–H and O–H groups in total. The highest BCUT2D eigenvalue weighted by atomic mass is 35.5. The number of halogens is 4. The van der Waals surface area contributed by atoms with Gasteiger partial charge in [-0.1, -0.05) is 36.7 Å². The van der Waals surface area contributed by atoms with E-state index in [0.29, 0.717) is 23.2 Å². The molecule has 0 fully saturated rings. The first kappa shape index (κ1) is 27.1. The number of hydrogen-bond donors (Lipinski definition) is 0. The van der Waals surface area contributed by atoms with Crippen molar-refractivity contribution in [2.45, 2.75) is 33.1 Å². The van der Waals surface area contributed by atoms with E-state index in [0.717, 1.165) is 17.2 Å². The summed E-state index contributed by atoms with van der Waals surface area (Å²) in [6.45, 7) is 5.10. The summed E-state index contributed by atoms with van der Waals surface area (Å²) in [4.78, 5) is 29.5. The molecule has 4 aromatic rings. The number of methoxy groups -OCH3 is 1. The van der Waals surface area contributed by atoms with Gasteiger partial charge in [-0.15, -0.1) is 0 Å². The van der Waals surface area contributed by atoms with Crippen LogP contribution >= 0.6 is 11.6 Å². The summed E-state index contributed by atoms with van der Waals surface area (Å²) in [6, 6.07) is 11.7. The molecule has 0 aliphatic rings. The van der Waals surface area contributed by atoms with Crippen LogP contribution in [0.2, 0.25) is 5.02 Å². The zero-order valence-electron chi connectivity index (χ0n) is 21.1. The Morgan fingerprint density at radius 1 is 1.08 bits per heavy atom. The Hall–Kier alpha value is -3.91. The van der Waals surface area contributed by atoms with Crippen LogP contribution in [0.1, 0.15) is 45.6 Å². The van der Waals surface area contributed by atoms with Gasteiger partial charge in [0.2, 0.25) is 0 Å². The Morgan fingerprint density at radius 3 is 2.42 bits per heavy atom. The Bertz CT molecular complexity index is 1600. The van der Waals surface area contributed by atoms with Crippen molar-refractivity contribution in [2.24, 2.45) is 0 Å². The molecule has 2 heterocycles. The van der Waals surface area contributed by atoms with E-state index in [1.165, 1.54) is 36.5 Å². The fraction of sp³-hybridized carbons (Fsp3) is 0.207. The Balaban J connectivity index is 1.83. The van der Waals surface area contributed by atoms with Crippen LogP contribution in [0.15, 0.2) is 59.5 Å². The second-order valence-corrected chi connectivity index (χ2v) is 9.42. The number of ether oxygens (including phenoxy) is 1. The second-order valence-electron chi connectivity index (χ2n) is 9.04. The van der Waals surface area contributed by atoms with Gasteiger partial charge in [0.25, 0.3) is 5.56 Å². The SMILES string of the molecule is COC(=O)c1cccc(-c2ncc(C)c(-n3c(C)cc([C@H](C)Cc4ccc(F)cc4)c(Cl)c3=O)c2F)c1F. The molecule has 2 aromatic carbocycles. The van der Waals surface area contributed by atoms with E-state index < -0.39 is 23.2 Å². The first-order valence-electron chi connectivity index (χ1n) is 11.7. The maximum Gasteiger partial charge on any atom is 0.340 e. The lowest BCUT2D eigenvalue weighted by Crippen LogP contribution is -2.25. The zero-order chi connectivity index (χ0) is 27.7. The van der Waals surface area contributed by atoms with Crippen molar-refractivity contribution in [1.82, 2.24) is 9.55 Å². The van der Waals surface area contributed by atoms with Crippen LogP contribution in [0, 0.1) is 31.3 Å². The Kier molecular flexibility index (Phi) is 7.73. The van der Waals surface area contributed by atoms with Gasteiger partial charge < -0.3 is 4.74 Å². The molecule has 1 atom stereocenters. The molecule has 0 saturated carbocycles. The van der Waals surface area contributed by atoms with Crippen LogP contribution < -0.4 is 5.56 Å². The highest BCUT2D eigenvalue weighted by Gasteiger charge is 2.25. The Labute approximate surface area is 222 Å². The molecule has 196 valence electrons. The first-order valence-corrected chi connectivity index (χ1v) is 12.1. The van der Waals surface area contributed by atoms with Crippen molar-refractivity contribution < 1.29 is 22.7 Å². The van der Waals surface area contributed by atoms with Gasteiger partial charge in [-0.2, -0.15) is 0 Å². The topological polar surface area (TPSA) is 61.2 Å². The highest BCUT2D eigenvalue weighted by molar-refractivity contribution is 6.31. The van der Waals surface area contributed by atoms with Gasteiger partial charge >= 0.3 is 5.97 Å². The third-order valence-corrected chi connectivity index (χ3v) is 6.79. The molecular formula is C29H24ClF3N2O3. The van der Waals surface area contributed by atoms with Crippen molar-refractivity contribution in [1.29, 1.82) is 0 Å². The summed E-state index contributed by atoms with van der Waals surface area (Å²) < 4.78 is 50.2. The van der Waals surface area contributed by atoms with Crippen molar-refractivity contribution in [2.75, 3.05) is 7.11 Å². The molecule has 0 radical (unpaired) electrons. The summed E-state index contributed by atoms with van der Waals surface area (Å²) in [5, 5.41) is -0.0822. The van der Waals surface area contributed by atoms with Crippen LogP contribution in [0.4, 0.5) is 13.2 Å². The van der Waals surface area contributed by atoms with Gasteiger partial charge in [0, 0.05) is 17.5 Å². The van der Waals surface area contributed by atoms with E-state index in [1.807, 2.05) is 6.92 Å². The van der Waals surface area contributed by atoms with Gasteiger partial charge in [0.15, 0.2) is 5.82 Å². The number of carbonyl (C=O) groups is 1. The van der Waals surface area contributed by atoms with E-state index >= 15 is 8.78 Å². The fourth-order valence-electron chi connectivity index (χ4n) is 4.46. The average Bonchev–Trinajstić information content (AvgIpc) is 2.89. The van der Waals surface area contributed by atoms with E-state index in [-0.39, 0.29) is 39.3 Å². The third kappa shape index (κ3) is 4.96. The van der Waals surface area contributed by atoms with Crippen LogP contribution in [0.3, 0.4) is 0 Å². The third-order valence-electron chi connectivity index (χ3n) is 6.41. The van der Waals surface area contributed by atoms with Crippen molar-refractivity contribution in [3.05, 3.63) is 116 Å². The monoisotopic (exact) mass is 540 g/mol. The van der Waals surface area contributed by atoms with Crippen molar-refractivity contribution in [3.63, 3.8) is 0 Å². The molecule has 0 bridgehead atoms. The number of nitrogens with zero attached hydrogens (tertiary/aromatic N) is 2. The van der Waals surface area contributed by atoms with E-state index in [9.17, 15) is 14.0 Å². The second kappa shape index (κ2) is 10.8. The molecule has 2 aromatic heterocycles. The number of esters is 1. The minimum Gasteiger partial charge on any atom is -0.465 e. The minimum atomic E-state index is -0.993. The first-order chi connectivity index (χ1) is 18.0. The molecule has 0 aliphatic carbocycles. The van der Waals surface area contributed by atoms with Crippen molar-refractivity contribution in [3.8, 4) is 16.9 Å². The largest absolute Gasteiger partial charge is 0.465 e. The molecule has 0 aliphatic heterocycles. The number of rotatable bonds is 6. The standard InChI is InChI=1S/C29H24ClF3N2O3/c1-15(12-18-8-10-19(31)11-9-18)22-13-17(3)35(28(36)23(22)30)27-16(2)14-34-26(25(27)33)20-6-5-7-21(24(20)32)29(37)38-4/h5-11,13-15H,12H2,1-4H3/t15-/m1/s1. The van der Waals surface area contributed by atoms with Gasteiger partial charge in [0.05, 0.1) is 18.4 Å². The smallest absolute Gasteiger partial charge is 0.340 e. The molecule has 0 unspecified atom stereocenters. The van der Waals surface area contributed by atoms with Crippen LogP contribution in [0.25, 0.3) is 16.9 Å². The van der Waals surface area contributed by atoms with Crippen LogP contribution in [-0.2, 0) is 11.2 Å². The average molecular weight is 541 g/mol. The lowest BCUT2D eigenvalue weighted by Gasteiger charge is -2.20. The zero-order valence-corrected chi connectivity index (χ0v) is 21.9. The van der Waals surface area contributed by atoms with Crippen LogP contribution in [-0.4, -0.2) is 22.6 Å². The molecule has 0 saturated heterocycles. The number of hydrogen-bond acceptors (Lipinski definition) is 4. The molecular weight excluding hydrogens is 517 g/mol. The maximum atomic E-state index is 16.0. The van der Waals surface area contributed by atoms with Gasteiger partial charge in [-0.3, -0.25) is 14.3 Å². The number of carbonyl (C=O) groups excluding carboxylic acids is 1. The molecule has 38 heavy (non-hydrogen) atoms. The van der Waals surface area contributed by atoms with Gasteiger partial charge in [-0.05, 0) is 73.2 Å². The number of pyridine rings is 2. The summed E-state index contributed by atoms with van der Waals surface area (Å²) in [6.07, 6.45) is 1.83. The predicted molar refractivity (Wildman–Crippen MR) is 140 cm³/mol. The highest BCUT2D eigenvalue weighted by Crippen LogP contribution is 2.32. The van der Waals surface area contributed by atoms with Crippen molar-refractivity contribution >= 4 is 17.6 Å². The summed E-state index contributed by atoms with van der Waals surface area (Å²) >= 11 is 6.52. The summed E-state index contributed by atoms with van der Waals surface area (Å²) in [7, 11) is 1.11. The van der Waals surface area contributed by atoms with E-state index in [1.54, 1.807) is 32.0 Å². The quantitative estimate of drug-likeness (QED) is 0.255. The van der Waals surface area contributed by atoms with Gasteiger partial charge in [-0.25, -0.2) is 18.0 Å². The summed E-state index contributed by atoms with van der Waals surface area (Å²) in [5.41, 5.74) is 0.401. The maximum absolute atomic E-state index is 16.0. The summed E-state index contributed by atoms with van der Waals surface area (Å²) in [5.74, 6) is -3.39. The predicted octanol–water partition coefficient (Wildman–Crippen LogP) is 6.72. The molecule has 0 spiro atoms. The number of benzene rings is 2. The molecule has 0 amide bonds. The number of aryl methyl sites for hydroxylation is 2. The normalized spacial score (nSPS) is 11.9. The minimum absolute atomic E-state index is 0.0822. The van der Waals surface area contributed by atoms with Crippen LogP contribution in [0.5, 0.6) is 0 Å². The van der Waals surface area contributed by atoms with Gasteiger partial charge in [0.1, 0.15) is 22.4 Å². The van der Waals surface area contributed by atoms with E-state index in [2.05, 4.69) is 9.72 Å². The Morgan fingerprint density at radius 2 is 1.76 bits per heavy atom.